The molecule has 3 N–H and O–H groups in total. The maximum absolute atomic E-state index is 11.6. The number of urea groups is 1. The molecule has 0 aliphatic carbocycles. The Morgan fingerprint density at radius 3 is 2.67 bits per heavy atom. The van der Waals surface area contributed by atoms with Crippen molar-refractivity contribution in [3.05, 3.63) is 18.5 Å². The Balaban J connectivity index is 2.16. The lowest BCUT2D eigenvalue weighted by atomic mass is 9.97. The van der Waals surface area contributed by atoms with Gasteiger partial charge < -0.3 is 15.7 Å². The Labute approximate surface area is 124 Å². The van der Waals surface area contributed by atoms with E-state index in [1.807, 2.05) is 26.1 Å². The molecule has 0 saturated carbocycles. The number of aliphatic carboxylic acids is 1. The average molecular weight is 296 g/mol. The highest BCUT2D eigenvalue weighted by molar-refractivity contribution is 5.75. The molecule has 0 aromatic carbocycles. The van der Waals surface area contributed by atoms with E-state index >= 15 is 0 Å². The fourth-order valence-corrected chi connectivity index (χ4v) is 1.99. The van der Waals surface area contributed by atoms with Crippen LogP contribution in [0.3, 0.4) is 0 Å². The molecular formula is C14H24N4O3. The molecule has 0 saturated heterocycles. The molecule has 0 aliphatic heterocycles. The van der Waals surface area contributed by atoms with Crippen LogP contribution in [0.1, 0.15) is 26.7 Å². The van der Waals surface area contributed by atoms with E-state index in [2.05, 4.69) is 15.7 Å². The first-order valence-corrected chi connectivity index (χ1v) is 7.21. The molecule has 21 heavy (non-hydrogen) atoms. The van der Waals surface area contributed by atoms with Gasteiger partial charge >= 0.3 is 12.0 Å². The van der Waals surface area contributed by atoms with Crippen molar-refractivity contribution >= 4 is 12.0 Å². The fraction of sp³-hybridized carbons (Fsp3) is 0.643. The van der Waals surface area contributed by atoms with Crippen molar-refractivity contribution in [3.63, 3.8) is 0 Å². The summed E-state index contributed by atoms with van der Waals surface area (Å²) in [4.78, 5) is 22.6. The molecule has 1 atom stereocenters. The van der Waals surface area contributed by atoms with Gasteiger partial charge in [0.1, 0.15) is 0 Å². The van der Waals surface area contributed by atoms with Crippen molar-refractivity contribution in [1.82, 2.24) is 20.4 Å². The average Bonchev–Trinajstić information content (AvgIpc) is 2.92. The molecule has 1 rings (SSSR count). The van der Waals surface area contributed by atoms with E-state index in [0.29, 0.717) is 13.0 Å². The maximum Gasteiger partial charge on any atom is 0.314 e. The Morgan fingerprint density at radius 2 is 2.10 bits per heavy atom. The zero-order valence-corrected chi connectivity index (χ0v) is 12.6. The van der Waals surface area contributed by atoms with Gasteiger partial charge in [-0.25, -0.2) is 4.79 Å². The van der Waals surface area contributed by atoms with Crippen molar-refractivity contribution in [2.24, 2.45) is 11.8 Å². The lowest BCUT2D eigenvalue weighted by molar-refractivity contribution is -0.142. The van der Waals surface area contributed by atoms with Gasteiger partial charge in [-0.1, -0.05) is 13.8 Å². The van der Waals surface area contributed by atoms with Crippen LogP contribution in [0.5, 0.6) is 0 Å². The summed E-state index contributed by atoms with van der Waals surface area (Å²) < 4.78 is 1.79. The molecule has 0 aliphatic rings. The van der Waals surface area contributed by atoms with Crippen LogP contribution in [0.15, 0.2) is 18.5 Å². The summed E-state index contributed by atoms with van der Waals surface area (Å²) in [5, 5.41) is 18.5. The Morgan fingerprint density at radius 1 is 1.33 bits per heavy atom. The minimum absolute atomic E-state index is 0.151. The third-order valence-electron chi connectivity index (χ3n) is 3.02. The van der Waals surface area contributed by atoms with Crippen molar-refractivity contribution in [1.29, 1.82) is 0 Å². The second kappa shape index (κ2) is 8.99. The van der Waals surface area contributed by atoms with Gasteiger partial charge in [-0.15, -0.1) is 0 Å². The van der Waals surface area contributed by atoms with Crippen molar-refractivity contribution < 1.29 is 14.7 Å². The van der Waals surface area contributed by atoms with Crippen LogP contribution < -0.4 is 10.6 Å². The number of aryl methyl sites for hydroxylation is 1. The molecular weight excluding hydrogens is 272 g/mol. The number of hydrogen-bond donors (Lipinski definition) is 3. The van der Waals surface area contributed by atoms with Gasteiger partial charge in [0.2, 0.25) is 0 Å². The van der Waals surface area contributed by atoms with Gasteiger partial charge in [-0.3, -0.25) is 9.48 Å². The normalized spacial score (nSPS) is 12.1. The Kier molecular flexibility index (Phi) is 7.28. The first-order valence-electron chi connectivity index (χ1n) is 7.21. The molecule has 0 fully saturated rings. The molecule has 118 valence electrons. The number of carbonyl (C=O) groups excluding carboxylic acids is 1. The topological polar surface area (TPSA) is 96.3 Å². The number of hydrogen-bond acceptors (Lipinski definition) is 3. The Hall–Kier alpha value is -2.05. The van der Waals surface area contributed by atoms with Gasteiger partial charge in [0.25, 0.3) is 0 Å². The number of amides is 2. The molecule has 7 nitrogen and oxygen atoms in total. The Bertz CT molecular complexity index is 431. The first-order chi connectivity index (χ1) is 9.99. The third-order valence-corrected chi connectivity index (χ3v) is 3.02. The standard InChI is InChI=1S/C14H24N4O3/c1-11(2)9-12(13(19)20)10-16-14(21)15-5-3-7-18-8-4-6-17-18/h4,6,8,11-12H,3,5,7,9-10H2,1-2H3,(H,19,20)(H2,15,16,21). The number of carbonyl (C=O) groups is 2. The number of aromatic nitrogens is 2. The van der Waals surface area contributed by atoms with E-state index in [1.54, 1.807) is 10.9 Å². The second-order valence-electron chi connectivity index (χ2n) is 5.42. The number of rotatable bonds is 9. The number of carboxylic acids is 1. The molecule has 2 amide bonds. The molecule has 7 heteroatoms. The fourth-order valence-electron chi connectivity index (χ4n) is 1.99. The smallest absolute Gasteiger partial charge is 0.314 e. The third kappa shape index (κ3) is 7.34. The molecule has 0 bridgehead atoms. The van der Waals surface area contributed by atoms with E-state index in [1.165, 1.54) is 0 Å². The lowest BCUT2D eigenvalue weighted by Gasteiger charge is -2.15. The summed E-state index contributed by atoms with van der Waals surface area (Å²) in [6, 6.07) is 1.52. The zero-order chi connectivity index (χ0) is 15.7. The summed E-state index contributed by atoms with van der Waals surface area (Å²) in [5.41, 5.74) is 0. The summed E-state index contributed by atoms with van der Waals surface area (Å²) in [6.45, 7) is 5.33. The van der Waals surface area contributed by atoms with Crippen molar-refractivity contribution in [2.75, 3.05) is 13.1 Å². The largest absolute Gasteiger partial charge is 0.481 e. The van der Waals surface area contributed by atoms with Gasteiger partial charge in [-0.2, -0.15) is 5.10 Å². The van der Waals surface area contributed by atoms with Gasteiger partial charge in [-0.05, 0) is 24.8 Å². The maximum atomic E-state index is 11.6. The molecule has 1 aromatic heterocycles. The minimum atomic E-state index is -0.873. The molecule has 0 radical (unpaired) electrons. The SMILES string of the molecule is CC(C)CC(CNC(=O)NCCCn1cccn1)C(=O)O. The summed E-state index contributed by atoms with van der Waals surface area (Å²) in [5.74, 6) is -1.13. The highest BCUT2D eigenvalue weighted by Gasteiger charge is 2.19. The molecule has 1 aromatic rings. The number of nitrogens with zero attached hydrogens (tertiary/aromatic N) is 2. The summed E-state index contributed by atoms with van der Waals surface area (Å²) in [7, 11) is 0. The summed E-state index contributed by atoms with van der Waals surface area (Å²) >= 11 is 0. The predicted molar refractivity (Wildman–Crippen MR) is 78.8 cm³/mol. The number of nitrogens with one attached hydrogen (secondary N) is 2. The summed E-state index contributed by atoms with van der Waals surface area (Å²) in [6.07, 6.45) is 4.89. The van der Waals surface area contributed by atoms with Gasteiger partial charge in [0, 0.05) is 32.0 Å². The highest BCUT2D eigenvalue weighted by Crippen LogP contribution is 2.10. The predicted octanol–water partition coefficient (Wildman–Crippen LogP) is 1.32. The van der Waals surface area contributed by atoms with Crippen LogP contribution >= 0.6 is 0 Å². The van der Waals surface area contributed by atoms with E-state index in [9.17, 15) is 9.59 Å². The van der Waals surface area contributed by atoms with Crippen molar-refractivity contribution in [2.45, 2.75) is 33.2 Å². The van der Waals surface area contributed by atoms with E-state index in [0.717, 1.165) is 13.0 Å². The van der Waals surface area contributed by atoms with Crippen molar-refractivity contribution in [3.8, 4) is 0 Å². The molecule has 0 spiro atoms. The van der Waals surface area contributed by atoms with Crippen LogP contribution in [0.25, 0.3) is 0 Å². The van der Waals surface area contributed by atoms with Crippen LogP contribution in [-0.2, 0) is 11.3 Å². The van der Waals surface area contributed by atoms with Crippen LogP contribution in [0, 0.1) is 11.8 Å². The van der Waals surface area contributed by atoms with E-state index in [-0.39, 0.29) is 18.5 Å². The minimum Gasteiger partial charge on any atom is -0.481 e. The second-order valence-corrected chi connectivity index (χ2v) is 5.42. The number of carboxylic acid groups (broad SMARTS) is 1. The monoisotopic (exact) mass is 296 g/mol. The van der Waals surface area contributed by atoms with E-state index in [4.69, 9.17) is 5.11 Å². The van der Waals surface area contributed by atoms with Crippen LogP contribution in [-0.4, -0.2) is 40.0 Å². The molecule has 1 heterocycles. The highest BCUT2D eigenvalue weighted by atomic mass is 16.4. The van der Waals surface area contributed by atoms with Crippen LogP contribution in [0.2, 0.25) is 0 Å². The lowest BCUT2D eigenvalue weighted by Crippen LogP contribution is -2.40. The van der Waals surface area contributed by atoms with Gasteiger partial charge in [0.15, 0.2) is 0 Å². The molecule has 1 unspecified atom stereocenters. The first kappa shape index (κ1) is 17.0. The van der Waals surface area contributed by atoms with E-state index < -0.39 is 11.9 Å². The van der Waals surface area contributed by atoms with Crippen LogP contribution in [0.4, 0.5) is 4.79 Å². The quantitative estimate of drug-likeness (QED) is 0.599. The van der Waals surface area contributed by atoms with Gasteiger partial charge in [0.05, 0.1) is 5.92 Å². The zero-order valence-electron chi connectivity index (χ0n) is 12.6.